The van der Waals surface area contributed by atoms with Gasteiger partial charge in [0.1, 0.15) is 12.2 Å². The van der Waals surface area contributed by atoms with Gasteiger partial charge in [0, 0.05) is 0 Å². The van der Waals surface area contributed by atoms with Crippen LogP contribution in [0.5, 0.6) is 0 Å². The van der Waals surface area contributed by atoms with E-state index < -0.39 is 29.7 Å². The van der Waals surface area contributed by atoms with Crippen LogP contribution in [0.4, 0.5) is 0 Å². The summed E-state index contributed by atoms with van der Waals surface area (Å²) in [4.78, 5) is 25.1. The quantitative estimate of drug-likeness (QED) is 0.295. The number of fused-ring (bicyclic) bond motifs is 1. The first-order valence-corrected chi connectivity index (χ1v) is 12.1. The minimum atomic E-state index is -1.81. The van der Waals surface area contributed by atoms with Gasteiger partial charge in [0.15, 0.2) is 12.2 Å². The Kier molecular flexibility index (Phi) is 9.79. The molecule has 0 bridgehead atoms. The summed E-state index contributed by atoms with van der Waals surface area (Å²) in [5.41, 5.74) is 1.19. The van der Waals surface area contributed by atoms with Gasteiger partial charge >= 0.3 is 11.9 Å². The summed E-state index contributed by atoms with van der Waals surface area (Å²) in [5, 5.41) is 12.9. The van der Waals surface area contributed by atoms with E-state index in [4.69, 9.17) is 14.2 Å². The summed E-state index contributed by atoms with van der Waals surface area (Å²) in [6, 6.07) is 23.8. The number of benzene rings is 3. The number of allylic oxidation sites excluding steroid dienone is 1. The lowest BCUT2D eigenvalue weighted by Gasteiger charge is -2.25. The fourth-order valence-electron chi connectivity index (χ4n) is 3.57. The van der Waals surface area contributed by atoms with E-state index in [1.807, 2.05) is 48.5 Å². The van der Waals surface area contributed by atoms with Crippen LogP contribution in [0.1, 0.15) is 38.3 Å². The molecule has 3 aromatic rings. The lowest BCUT2D eigenvalue weighted by atomic mass is 10.0. The predicted molar refractivity (Wildman–Crippen MR) is 139 cm³/mol. The van der Waals surface area contributed by atoms with Crippen LogP contribution < -0.4 is 0 Å². The maximum absolute atomic E-state index is 12.7. The average Bonchev–Trinajstić information content (AvgIpc) is 2.86. The maximum atomic E-state index is 12.7. The van der Waals surface area contributed by atoms with Crippen molar-refractivity contribution in [2.75, 3.05) is 6.61 Å². The number of aryl methyl sites for hydroxylation is 1. The summed E-state index contributed by atoms with van der Waals surface area (Å²) in [6.45, 7) is 5.07. The number of aliphatic hydroxyl groups is 1. The standard InChI is InChI=1S/C30H34O6/c1-30(2,3)36-28(32)26(31)27(29(33)35-21-23-13-6-4-7-14-23)34-19-11-5-8-12-22-17-18-24-15-9-10-16-25(24)20-22/h4-7,9-11,13-18,20,26-27,31H,8,12,19,21H2,1-3H3/t26-,27-/m1/s1. The van der Waals surface area contributed by atoms with Crippen molar-refractivity contribution in [3.05, 3.63) is 96.1 Å². The van der Waals surface area contributed by atoms with E-state index in [0.717, 1.165) is 18.4 Å². The molecule has 0 aliphatic heterocycles. The van der Waals surface area contributed by atoms with Crippen LogP contribution in [-0.2, 0) is 36.8 Å². The van der Waals surface area contributed by atoms with Crippen molar-refractivity contribution >= 4 is 22.7 Å². The summed E-state index contributed by atoms with van der Waals surface area (Å²) in [6.07, 6.45) is 2.03. The zero-order valence-electron chi connectivity index (χ0n) is 21.1. The zero-order chi connectivity index (χ0) is 26.0. The Labute approximate surface area is 212 Å². The second-order valence-electron chi connectivity index (χ2n) is 9.52. The van der Waals surface area contributed by atoms with Crippen molar-refractivity contribution in [2.24, 2.45) is 0 Å². The van der Waals surface area contributed by atoms with Gasteiger partial charge in [0.25, 0.3) is 0 Å². The molecular formula is C30H34O6. The lowest BCUT2D eigenvalue weighted by Crippen LogP contribution is -2.45. The molecule has 0 aliphatic rings. The number of aliphatic hydroxyl groups excluding tert-OH is 1. The molecule has 0 fully saturated rings. The Bertz CT molecular complexity index is 1160. The summed E-state index contributed by atoms with van der Waals surface area (Å²) >= 11 is 0. The van der Waals surface area contributed by atoms with Crippen LogP contribution in [0.25, 0.3) is 10.8 Å². The summed E-state index contributed by atoms with van der Waals surface area (Å²) < 4.78 is 16.1. The molecule has 6 heteroatoms. The monoisotopic (exact) mass is 490 g/mol. The molecule has 0 saturated carbocycles. The van der Waals surface area contributed by atoms with Gasteiger partial charge in [-0.3, -0.25) is 0 Å². The molecule has 0 amide bonds. The summed E-state index contributed by atoms with van der Waals surface area (Å²) in [7, 11) is 0. The minimum Gasteiger partial charge on any atom is -0.459 e. The van der Waals surface area contributed by atoms with Crippen molar-refractivity contribution in [1.82, 2.24) is 0 Å². The largest absolute Gasteiger partial charge is 0.459 e. The van der Waals surface area contributed by atoms with E-state index in [0.29, 0.717) is 0 Å². The molecule has 0 heterocycles. The van der Waals surface area contributed by atoms with Crippen LogP contribution in [0, 0.1) is 0 Å². The molecule has 0 unspecified atom stereocenters. The van der Waals surface area contributed by atoms with Crippen LogP contribution in [-0.4, -0.2) is 41.5 Å². The van der Waals surface area contributed by atoms with Crippen molar-refractivity contribution in [3.63, 3.8) is 0 Å². The number of hydrogen-bond acceptors (Lipinski definition) is 6. The Hall–Kier alpha value is -3.48. The highest BCUT2D eigenvalue weighted by atomic mass is 16.6. The average molecular weight is 491 g/mol. The molecule has 3 aromatic carbocycles. The number of carbonyl (C=O) groups excluding carboxylic acids is 2. The number of hydrogen-bond donors (Lipinski definition) is 1. The molecule has 1 N–H and O–H groups in total. The number of esters is 2. The second kappa shape index (κ2) is 13.0. The summed E-state index contributed by atoms with van der Waals surface area (Å²) in [5.74, 6) is -1.77. The highest BCUT2D eigenvalue weighted by Gasteiger charge is 2.37. The lowest BCUT2D eigenvalue weighted by molar-refractivity contribution is -0.184. The predicted octanol–water partition coefficient (Wildman–Crippen LogP) is 5.16. The number of rotatable bonds is 11. The molecule has 6 nitrogen and oxygen atoms in total. The van der Waals surface area contributed by atoms with Gasteiger partial charge in [-0.25, -0.2) is 9.59 Å². The van der Waals surface area contributed by atoms with Crippen molar-refractivity contribution < 1.29 is 28.9 Å². The van der Waals surface area contributed by atoms with Crippen LogP contribution in [0.3, 0.4) is 0 Å². The molecule has 3 rings (SSSR count). The van der Waals surface area contributed by atoms with Crippen LogP contribution in [0.2, 0.25) is 0 Å². The molecule has 0 spiro atoms. The Morgan fingerprint density at radius 1 is 0.861 bits per heavy atom. The highest BCUT2D eigenvalue weighted by molar-refractivity contribution is 5.85. The van der Waals surface area contributed by atoms with Crippen LogP contribution in [0.15, 0.2) is 84.9 Å². The Balaban J connectivity index is 1.55. The van der Waals surface area contributed by atoms with Crippen LogP contribution >= 0.6 is 0 Å². The first-order valence-electron chi connectivity index (χ1n) is 12.1. The Morgan fingerprint density at radius 3 is 2.28 bits per heavy atom. The van der Waals surface area contributed by atoms with Crippen molar-refractivity contribution in [2.45, 2.75) is 58.0 Å². The molecule has 190 valence electrons. The van der Waals surface area contributed by atoms with E-state index in [-0.39, 0.29) is 13.2 Å². The van der Waals surface area contributed by atoms with Gasteiger partial charge < -0.3 is 19.3 Å². The normalized spacial score (nSPS) is 13.4. The fraction of sp³-hybridized carbons (Fsp3) is 0.333. The highest BCUT2D eigenvalue weighted by Crippen LogP contribution is 2.17. The van der Waals surface area contributed by atoms with Crippen molar-refractivity contribution in [1.29, 1.82) is 0 Å². The van der Waals surface area contributed by atoms with E-state index in [1.54, 1.807) is 26.8 Å². The minimum absolute atomic E-state index is 0.00215. The maximum Gasteiger partial charge on any atom is 0.338 e. The van der Waals surface area contributed by atoms with E-state index in [9.17, 15) is 14.7 Å². The first kappa shape index (κ1) is 27.1. The smallest absolute Gasteiger partial charge is 0.338 e. The third kappa shape index (κ3) is 8.63. The van der Waals surface area contributed by atoms with E-state index >= 15 is 0 Å². The van der Waals surface area contributed by atoms with Gasteiger partial charge in [-0.15, -0.1) is 0 Å². The molecule has 0 saturated heterocycles. The number of carbonyl (C=O) groups is 2. The SMILES string of the molecule is CC(C)(C)OC(=O)[C@H](O)[C@@H](OCC=CCCc1ccc2ccccc2c1)C(=O)OCc1ccccc1. The number of ether oxygens (including phenoxy) is 3. The second-order valence-corrected chi connectivity index (χ2v) is 9.52. The zero-order valence-corrected chi connectivity index (χ0v) is 21.1. The van der Waals surface area contributed by atoms with Crippen molar-refractivity contribution in [3.8, 4) is 0 Å². The van der Waals surface area contributed by atoms with Gasteiger partial charge in [-0.2, -0.15) is 0 Å². The van der Waals surface area contributed by atoms with Gasteiger partial charge in [-0.1, -0.05) is 84.9 Å². The van der Waals surface area contributed by atoms with Gasteiger partial charge in [0.05, 0.1) is 6.61 Å². The molecule has 0 radical (unpaired) electrons. The first-order chi connectivity index (χ1) is 17.2. The molecule has 36 heavy (non-hydrogen) atoms. The van der Waals surface area contributed by atoms with Gasteiger partial charge in [-0.05, 0) is 55.5 Å². The topological polar surface area (TPSA) is 82.1 Å². The molecular weight excluding hydrogens is 456 g/mol. The third-order valence-corrected chi connectivity index (χ3v) is 5.34. The van der Waals surface area contributed by atoms with E-state index in [2.05, 4.69) is 30.3 Å². The molecule has 2 atom stereocenters. The molecule has 0 aromatic heterocycles. The molecule has 0 aliphatic carbocycles. The third-order valence-electron chi connectivity index (χ3n) is 5.34. The fourth-order valence-corrected chi connectivity index (χ4v) is 3.57. The van der Waals surface area contributed by atoms with E-state index in [1.165, 1.54) is 16.3 Å². The Morgan fingerprint density at radius 2 is 1.56 bits per heavy atom. The van der Waals surface area contributed by atoms with Gasteiger partial charge in [0.2, 0.25) is 0 Å².